The maximum atomic E-state index is 6.08. The number of nitrogens with one attached hydrogen (secondary N) is 1. The molecule has 2 nitrogen and oxygen atoms in total. The first kappa shape index (κ1) is 15.6. The van der Waals surface area contributed by atoms with Gasteiger partial charge < -0.3 is 10.1 Å². The maximum absolute atomic E-state index is 6.08. The molecule has 0 saturated carbocycles. The molecule has 2 aromatic rings. The molecule has 0 aliphatic rings. The van der Waals surface area contributed by atoms with Crippen LogP contribution in [0.25, 0.3) is 0 Å². The third-order valence-electron chi connectivity index (χ3n) is 2.78. The maximum Gasteiger partial charge on any atom is 0.140 e. The average Bonchev–Trinajstić information content (AvgIpc) is 2.41. The number of halogens is 2. The molecule has 0 fully saturated rings. The molecule has 4 heteroatoms. The molecule has 0 atom stereocenters. The minimum atomic E-state index is 0.415. The predicted octanol–water partition coefficient (Wildman–Crippen LogP) is 5.23. The number of benzene rings is 2. The highest BCUT2D eigenvalue weighted by atomic mass is 127. The minimum Gasteiger partial charge on any atom is -0.456 e. The molecule has 1 N–H and O–H groups in total. The van der Waals surface area contributed by atoms with Gasteiger partial charge in [0.1, 0.15) is 11.5 Å². The summed E-state index contributed by atoms with van der Waals surface area (Å²) in [6, 6.07) is 14.1. The number of ether oxygens (including phenoxy) is 1. The van der Waals surface area contributed by atoms with Crippen LogP contribution in [0.5, 0.6) is 11.5 Å². The summed E-state index contributed by atoms with van der Waals surface area (Å²) < 4.78 is 7.11. The zero-order valence-electron chi connectivity index (χ0n) is 11.5. The number of hydrogen-bond donors (Lipinski definition) is 1. The summed E-state index contributed by atoms with van der Waals surface area (Å²) in [7, 11) is 0. The van der Waals surface area contributed by atoms with Crippen molar-refractivity contribution in [2.24, 2.45) is 0 Å². The van der Waals surface area contributed by atoms with Crippen LogP contribution < -0.4 is 10.1 Å². The van der Waals surface area contributed by atoms with E-state index in [-0.39, 0.29) is 0 Å². The summed E-state index contributed by atoms with van der Waals surface area (Å²) in [6.45, 7) is 4.97. The highest BCUT2D eigenvalue weighted by molar-refractivity contribution is 14.1. The molecular weight excluding hydrogens is 385 g/mol. The summed E-state index contributed by atoms with van der Waals surface area (Å²) >= 11 is 8.35. The second-order valence-corrected chi connectivity index (χ2v) is 6.42. The van der Waals surface area contributed by atoms with Gasteiger partial charge in [-0.1, -0.05) is 37.6 Å². The van der Waals surface area contributed by atoms with E-state index >= 15 is 0 Å². The van der Waals surface area contributed by atoms with Crippen molar-refractivity contribution in [3.63, 3.8) is 0 Å². The summed E-state index contributed by atoms with van der Waals surface area (Å²) in [4.78, 5) is 0. The van der Waals surface area contributed by atoms with E-state index in [1.165, 1.54) is 0 Å². The molecule has 2 rings (SSSR count). The minimum absolute atomic E-state index is 0.415. The van der Waals surface area contributed by atoms with Crippen molar-refractivity contribution in [3.05, 3.63) is 56.6 Å². The number of para-hydroxylation sites is 1. The highest BCUT2D eigenvalue weighted by Gasteiger charge is 2.08. The van der Waals surface area contributed by atoms with Crippen molar-refractivity contribution < 1.29 is 4.74 Å². The lowest BCUT2D eigenvalue weighted by molar-refractivity contribution is 0.466. The normalized spacial score (nSPS) is 10.8. The van der Waals surface area contributed by atoms with E-state index in [4.69, 9.17) is 16.3 Å². The monoisotopic (exact) mass is 401 g/mol. The van der Waals surface area contributed by atoms with Crippen LogP contribution in [-0.4, -0.2) is 6.04 Å². The molecule has 0 spiro atoms. The molecule has 0 aliphatic carbocycles. The Morgan fingerprint density at radius 3 is 2.60 bits per heavy atom. The lowest BCUT2D eigenvalue weighted by Gasteiger charge is -2.14. The van der Waals surface area contributed by atoms with E-state index in [0.29, 0.717) is 6.04 Å². The Morgan fingerprint density at radius 1 is 1.15 bits per heavy atom. The van der Waals surface area contributed by atoms with Crippen LogP contribution >= 0.6 is 34.2 Å². The molecule has 0 radical (unpaired) electrons. The second-order valence-electron chi connectivity index (χ2n) is 4.82. The van der Waals surface area contributed by atoms with Gasteiger partial charge in [0.2, 0.25) is 0 Å². The summed E-state index contributed by atoms with van der Waals surface area (Å²) in [5.41, 5.74) is 1.06. The van der Waals surface area contributed by atoms with Crippen molar-refractivity contribution in [1.82, 2.24) is 5.32 Å². The van der Waals surface area contributed by atoms with E-state index in [0.717, 1.165) is 32.2 Å². The Labute approximate surface area is 138 Å². The number of rotatable bonds is 5. The summed E-state index contributed by atoms with van der Waals surface area (Å²) in [5.74, 6) is 1.70. The standard InChI is InChI=1S/C16H17ClINO/c1-11(2)19-10-12-9-13(17)7-8-15(12)20-16-6-4-3-5-14(16)18/h3-9,11,19H,10H2,1-2H3. The first-order valence-corrected chi connectivity index (χ1v) is 7.96. The van der Waals surface area contributed by atoms with Gasteiger partial charge in [-0.25, -0.2) is 0 Å². The van der Waals surface area contributed by atoms with Crippen LogP contribution in [0.3, 0.4) is 0 Å². The molecule has 0 aromatic heterocycles. The van der Waals surface area contributed by atoms with Gasteiger partial charge in [-0.15, -0.1) is 0 Å². The zero-order chi connectivity index (χ0) is 14.5. The van der Waals surface area contributed by atoms with Gasteiger partial charge >= 0.3 is 0 Å². The van der Waals surface area contributed by atoms with Crippen LogP contribution in [0.2, 0.25) is 5.02 Å². The van der Waals surface area contributed by atoms with Crippen LogP contribution in [0.1, 0.15) is 19.4 Å². The van der Waals surface area contributed by atoms with Gasteiger partial charge in [0.25, 0.3) is 0 Å². The number of hydrogen-bond acceptors (Lipinski definition) is 2. The quantitative estimate of drug-likeness (QED) is 0.692. The van der Waals surface area contributed by atoms with E-state index in [1.54, 1.807) is 0 Å². The molecule has 0 bridgehead atoms. The lowest BCUT2D eigenvalue weighted by Crippen LogP contribution is -2.22. The highest BCUT2D eigenvalue weighted by Crippen LogP contribution is 2.30. The first-order valence-electron chi connectivity index (χ1n) is 6.50. The fourth-order valence-electron chi connectivity index (χ4n) is 1.75. The molecular formula is C16H17ClINO. The van der Waals surface area contributed by atoms with Crippen LogP contribution in [0.15, 0.2) is 42.5 Å². The van der Waals surface area contributed by atoms with Crippen molar-refractivity contribution in [2.75, 3.05) is 0 Å². The van der Waals surface area contributed by atoms with E-state index < -0.39 is 0 Å². The molecule has 0 aliphatic heterocycles. The predicted molar refractivity (Wildman–Crippen MR) is 92.7 cm³/mol. The third-order valence-corrected chi connectivity index (χ3v) is 3.91. The molecule has 0 amide bonds. The Balaban J connectivity index is 2.24. The Bertz CT molecular complexity index is 586. The van der Waals surface area contributed by atoms with Crippen LogP contribution in [0, 0.1) is 3.57 Å². The van der Waals surface area contributed by atoms with Gasteiger partial charge in [0.15, 0.2) is 0 Å². The van der Waals surface area contributed by atoms with Crippen LogP contribution in [0.4, 0.5) is 0 Å². The van der Waals surface area contributed by atoms with Gasteiger partial charge in [-0.3, -0.25) is 0 Å². The molecule has 106 valence electrons. The van der Waals surface area contributed by atoms with Gasteiger partial charge in [-0.05, 0) is 52.9 Å². The molecule has 0 heterocycles. The topological polar surface area (TPSA) is 21.3 Å². The molecule has 0 saturated heterocycles. The fourth-order valence-corrected chi connectivity index (χ4v) is 2.44. The third kappa shape index (κ3) is 4.36. The largest absolute Gasteiger partial charge is 0.456 e. The second kappa shape index (κ2) is 7.29. The fraction of sp³-hybridized carbons (Fsp3) is 0.250. The molecule has 20 heavy (non-hydrogen) atoms. The Hall–Kier alpha value is -0.780. The average molecular weight is 402 g/mol. The Morgan fingerprint density at radius 2 is 1.90 bits per heavy atom. The van der Waals surface area contributed by atoms with Gasteiger partial charge in [0, 0.05) is 23.2 Å². The van der Waals surface area contributed by atoms with Crippen LogP contribution in [-0.2, 0) is 6.54 Å². The molecule has 0 unspecified atom stereocenters. The summed E-state index contributed by atoms with van der Waals surface area (Å²) in [6.07, 6.45) is 0. The van der Waals surface area contributed by atoms with Crippen molar-refractivity contribution in [3.8, 4) is 11.5 Å². The molecule has 2 aromatic carbocycles. The van der Waals surface area contributed by atoms with E-state index in [2.05, 4.69) is 41.8 Å². The van der Waals surface area contributed by atoms with Crippen molar-refractivity contribution in [2.45, 2.75) is 26.4 Å². The van der Waals surface area contributed by atoms with E-state index in [1.807, 2.05) is 42.5 Å². The lowest BCUT2D eigenvalue weighted by atomic mass is 10.2. The van der Waals surface area contributed by atoms with E-state index in [9.17, 15) is 0 Å². The Kier molecular flexibility index (Phi) is 5.69. The summed E-state index contributed by atoms with van der Waals surface area (Å²) in [5, 5.41) is 4.11. The van der Waals surface area contributed by atoms with Gasteiger partial charge in [0.05, 0.1) is 3.57 Å². The van der Waals surface area contributed by atoms with Crippen molar-refractivity contribution >= 4 is 34.2 Å². The van der Waals surface area contributed by atoms with Gasteiger partial charge in [-0.2, -0.15) is 0 Å². The smallest absolute Gasteiger partial charge is 0.140 e. The van der Waals surface area contributed by atoms with Crippen molar-refractivity contribution in [1.29, 1.82) is 0 Å². The SMILES string of the molecule is CC(C)NCc1cc(Cl)ccc1Oc1ccccc1I. The zero-order valence-corrected chi connectivity index (χ0v) is 14.4. The first-order chi connectivity index (χ1) is 9.56.